The van der Waals surface area contributed by atoms with Crippen LogP contribution in [0, 0.1) is 17.2 Å². The van der Waals surface area contributed by atoms with Crippen LogP contribution in [-0.2, 0) is 0 Å². The average Bonchev–Trinajstić information content (AvgIpc) is 2.18. The van der Waals surface area contributed by atoms with E-state index < -0.39 is 0 Å². The van der Waals surface area contributed by atoms with Gasteiger partial charge in [-0.3, -0.25) is 0 Å². The number of thioether (sulfide) groups is 1. The minimum Gasteiger partial charge on any atom is -0.198 e. The van der Waals surface area contributed by atoms with E-state index in [1.807, 2.05) is 25.1 Å². The summed E-state index contributed by atoms with van der Waals surface area (Å²) in [5.74, 6) is 0.102. The molecule has 0 aliphatic carbocycles. The smallest absolute Gasteiger partial charge is 0.0664 e. The molecular formula is C11H13NS. The molecule has 0 aromatic heterocycles. The second-order valence-electron chi connectivity index (χ2n) is 3.05. The minimum atomic E-state index is 0.102. The van der Waals surface area contributed by atoms with E-state index in [1.54, 1.807) is 11.8 Å². The van der Waals surface area contributed by atoms with E-state index in [4.69, 9.17) is 5.26 Å². The first kappa shape index (κ1) is 10.1. The van der Waals surface area contributed by atoms with Crippen LogP contribution in [0.1, 0.15) is 13.8 Å². The third kappa shape index (κ3) is 3.12. The zero-order valence-electron chi connectivity index (χ0n) is 7.90. The molecule has 0 radical (unpaired) electrons. The van der Waals surface area contributed by atoms with Gasteiger partial charge in [0.25, 0.3) is 0 Å². The Hall–Kier alpha value is -0.940. The van der Waals surface area contributed by atoms with Gasteiger partial charge < -0.3 is 0 Å². The zero-order chi connectivity index (χ0) is 9.68. The Balaban J connectivity index is 2.56. The van der Waals surface area contributed by atoms with Crippen molar-refractivity contribution in [3.05, 3.63) is 30.3 Å². The highest BCUT2D eigenvalue weighted by molar-refractivity contribution is 8.00. The first-order valence-electron chi connectivity index (χ1n) is 4.35. The van der Waals surface area contributed by atoms with Crippen molar-refractivity contribution in [2.45, 2.75) is 24.0 Å². The van der Waals surface area contributed by atoms with Crippen LogP contribution >= 0.6 is 11.8 Å². The lowest BCUT2D eigenvalue weighted by atomic mass is 10.1. The van der Waals surface area contributed by atoms with Crippen molar-refractivity contribution in [1.29, 1.82) is 5.26 Å². The predicted molar refractivity (Wildman–Crippen MR) is 56.5 cm³/mol. The van der Waals surface area contributed by atoms with Crippen LogP contribution < -0.4 is 0 Å². The molecule has 0 saturated heterocycles. The summed E-state index contributed by atoms with van der Waals surface area (Å²) in [6, 6.07) is 12.5. The molecule has 0 N–H and O–H groups in total. The fraction of sp³-hybridized carbons (Fsp3) is 0.364. The summed E-state index contributed by atoms with van der Waals surface area (Å²) < 4.78 is 0. The Morgan fingerprint density at radius 2 is 1.85 bits per heavy atom. The maximum Gasteiger partial charge on any atom is 0.0664 e. The van der Waals surface area contributed by atoms with Crippen LogP contribution in [0.15, 0.2) is 35.2 Å². The number of nitriles is 1. The average molecular weight is 191 g/mol. The van der Waals surface area contributed by atoms with Gasteiger partial charge in [-0.15, -0.1) is 11.8 Å². The summed E-state index contributed by atoms with van der Waals surface area (Å²) in [5.41, 5.74) is 0. The first-order chi connectivity index (χ1) is 6.24. The normalized spacial score (nSPS) is 14.5. The number of benzene rings is 1. The van der Waals surface area contributed by atoms with Gasteiger partial charge in [-0.05, 0) is 19.1 Å². The molecule has 0 aliphatic rings. The van der Waals surface area contributed by atoms with Crippen molar-refractivity contribution >= 4 is 11.8 Å². The summed E-state index contributed by atoms with van der Waals surface area (Å²) in [4.78, 5) is 1.23. The first-order valence-corrected chi connectivity index (χ1v) is 5.23. The number of nitrogens with zero attached hydrogens (tertiary/aromatic N) is 1. The lowest BCUT2D eigenvalue weighted by Gasteiger charge is -2.12. The SMILES string of the molecule is C[C@H](Sc1ccccc1)[C@@H](C)C#N. The van der Waals surface area contributed by atoms with E-state index in [9.17, 15) is 0 Å². The largest absolute Gasteiger partial charge is 0.198 e. The van der Waals surface area contributed by atoms with Crippen LogP contribution in [0.25, 0.3) is 0 Å². The van der Waals surface area contributed by atoms with Gasteiger partial charge in [0.2, 0.25) is 0 Å². The van der Waals surface area contributed by atoms with E-state index >= 15 is 0 Å². The molecule has 0 fully saturated rings. The van der Waals surface area contributed by atoms with Crippen molar-refractivity contribution in [3.8, 4) is 6.07 Å². The highest BCUT2D eigenvalue weighted by Gasteiger charge is 2.11. The molecule has 1 aromatic rings. The molecule has 1 aromatic carbocycles. The van der Waals surface area contributed by atoms with E-state index in [0.717, 1.165) is 0 Å². The van der Waals surface area contributed by atoms with Gasteiger partial charge in [0.15, 0.2) is 0 Å². The Labute approximate surface area is 83.8 Å². The Morgan fingerprint density at radius 3 is 2.38 bits per heavy atom. The van der Waals surface area contributed by atoms with Gasteiger partial charge in [-0.25, -0.2) is 0 Å². The monoisotopic (exact) mass is 191 g/mol. The number of rotatable bonds is 3. The Kier molecular flexibility index (Phi) is 3.85. The van der Waals surface area contributed by atoms with Crippen molar-refractivity contribution < 1.29 is 0 Å². The molecule has 0 unspecified atom stereocenters. The van der Waals surface area contributed by atoms with Gasteiger partial charge in [0.05, 0.1) is 12.0 Å². The van der Waals surface area contributed by atoms with Crippen LogP contribution in [0.4, 0.5) is 0 Å². The number of hydrogen-bond donors (Lipinski definition) is 0. The summed E-state index contributed by atoms with van der Waals surface area (Å²) >= 11 is 1.75. The lowest BCUT2D eigenvalue weighted by Crippen LogP contribution is -2.06. The standard InChI is InChI=1S/C11H13NS/c1-9(8-12)10(2)13-11-6-4-3-5-7-11/h3-7,9-10H,1-2H3/t9-,10-/m0/s1. The summed E-state index contributed by atoms with van der Waals surface area (Å²) in [7, 11) is 0. The van der Waals surface area contributed by atoms with Crippen molar-refractivity contribution in [2.75, 3.05) is 0 Å². The maximum absolute atomic E-state index is 8.72. The molecule has 13 heavy (non-hydrogen) atoms. The fourth-order valence-corrected chi connectivity index (χ4v) is 1.93. The van der Waals surface area contributed by atoms with Gasteiger partial charge in [0, 0.05) is 10.1 Å². The van der Waals surface area contributed by atoms with E-state index in [-0.39, 0.29) is 5.92 Å². The zero-order valence-corrected chi connectivity index (χ0v) is 8.71. The third-order valence-corrected chi connectivity index (χ3v) is 3.30. The predicted octanol–water partition coefficient (Wildman–Crippen LogP) is 3.33. The highest BCUT2D eigenvalue weighted by Crippen LogP contribution is 2.26. The van der Waals surface area contributed by atoms with Crippen molar-refractivity contribution in [2.24, 2.45) is 5.92 Å². The second-order valence-corrected chi connectivity index (χ2v) is 4.50. The van der Waals surface area contributed by atoms with E-state index in [0.29, 0.717) is 5.25 Å². The molecule has 68 valence electrons. The Bertz CT molecular complexity index is 289. The summed E-state index contributed by atoms with van der Waals surface area (Å²) in [5, 5.41) is 9.07. The second kappa shape index (κ2) is 4.94. The van der Waals surface area contributed by atoms with Crippen LogP contribution in [0.2, 0.25) is 0 Å². The Morgan fingerprint density at radius 1 is 1.23 bits per heavy atom. The van der Waals surface area contributed by atoms with Gasteiger partial charge in [-0.2, -0.15) is 5.26 Å². The minimum absolute atomic E-state index is 0.102. The van der Waals surface area contributed by atoms with Crippen LogP contribution in [0.5, 0.6) is 0 Å². The molecule has 1 nitrogen and oxygen atoms in total. The van der Waals surface area contributed by atoms with E-state index in [2.05, 4.69) is 25.1 Å². The molecule has 0 heterocycles. The summed E-state index contributed by atoms with van der Waals surface area (Å²) in [6.07, 6.45) is 0. The molecule has 1 rings (SSSR count). The van der Waals surface area contributed by atoms with Crippen LogP contribution in [0.3, 0.4) is 0 Å². The molecule has 0 saturated carbocycles. The highest BCUT2D eigenvalue weighted by atomic mass is 32.2. The topological polar surface area (TPSA) is 23.8 Å². The fourth-order valence-electron chi connectivity index (χ4n) is 0.921. The molecule has 0 spiro atoms. The van der Waals surface area contributed by atoms with Crippen LogP contribution in [-0.4, -0.2) is 5.25 Å². The third-order valence-electron chi connectivity index (χ3n) is 1.97. The molecule has 0 amide bonds. The summed E-state index contributed by atoms with van der Waals surface area (Å²) in [6.45, 7) is 4.05. The number of hydrogen-bond acceptors (Lipinski definition) is 2. The molecule has 2 heteroatoms. The van der Waals surface area contributed by atoms with Gasteiger partial charge >= 0.3 is 0 Å². The molecule has 0 aliphatic heterocycles. The van der Waals surface area contributed by atoms with E-state index in [1.165, 1.54) is 4.90 Å². The maximum atomic E-state index is 8.72. The van der Waals surface area contributed by atoms with Gasteiger partial charge in [0.1, 0.15) is 0 Å². The van der Waals surface area contributed by atoms with Crippen molar-refractivity contribution in [3.63, 3.8) is 0 Å². The van der Waals surface area contributed by atoms with Crippen molar-refractivity contribution in [1.82, 2.24) is 0 Å². The molecule has 2 atom stereocenters. The van der Waals surface area contributed by atoms with Gasteiger partial charge in [-0.1, -0.05) is 25.1 Å². The lowest BCUT2D eigenvalue weighted by molar-refractivity contribution is 0.731. The molecule has 0 bridgehead atoms. The quantitative estimate of drug-likeness (QED) is 0.684. The molecular weight excluding hydrogens is 178 g/mol.